The zero-order chi connectivity index (χ0) is 26.4. The molecule has 40 heavy (non-hydrogen) atoms. The molecule has 0 aliphatic carbocycles. The lowest BCUT2D eigenvalue weighted by Crippen LogP contribution is -1.94. The first-order valence-corrected chi connectivity index (χ1v) is 13.7. The quantitative estimate of drug-likeness (QED) is 0.221. The highest BCUT2D eigenvalue weighted by atomic mass is 35.5. The highest BCUT2D eigenvalue weighted by molar-refractivity contribution is 6.32. The van der Waals surface area contributed by atoms with E-state index in [0.29, 0.717) is 5.02 Å². The Morgan fingerprint density at radius 1 is 0.450 bits per heavy atom. The fourth-order valence-corrected chi connectivity index (χ4v) is 6.42. The number of para-hydroxylation sites is 3. The van der Waals surface area contributed by atoms with Crippen LogP contribution in [-0.2, 0) is 0 Å². The van der Waals surface area contributed by atoms with Gasteiger partial charge in [-0.1, -0.05) is 72.3 Å². The van der Waals surface area contributed by atoms with Gasteiger partial charge < -0.3 is 13.4 Å². The van der Waals surface area contributed by atoms with Crippen LogP contribution in [0, 0.1) is 0 Å². The molecular weight excluding hydrogens is 514 g/mol. The van der Waals surface area contributed by atoms with Gasteiger partial charge in [0.25, 0.3) is 0 Å². The number of fused-ring (bicyclic) bond motifs is 9. The van der Waals surface area contributed by atoms with Crippen molar-refractivity contribution in [2.24, 2.45) is 0 Å². The molecule has 3 heterocycles. The molecule has 0 unspecified atom stereocenters. The summed E-state index contributed by atoms with van der Waals surface area (Å²) >= 11 is 6.54. The van der Waals surface area contributed by atoms with E-state index in [1.54, 1.807) is 0 Å². The van der Waals surface area contributed by atoms with Crippen LogP contribution in [0.1, 0.15) is 0 Å². The number of furan rings is 2. The minimum atomic E-state index is 0.711. The lowest BCUT2D eigenvalue weighted by atomic mass is 10.0. The molecule has 9 rings (SSSR count). The summed E-state index contributed by atoms with van der Waals surface area (Å²) in [6, 6.07) is 41.9. The molecule has 0 saturated heterocycles. The van der Waals surface area contributed by atoms with E-state index in [1.807, 2.05) is 36.4 Å². The molecule has 0 N–H and O–H groups in total. The first-order chi connectivity index (χ1) is 19.7. The normalized spacial score (nSPS) is 12.1. The van der Waals surface area contributed by atoms with Gasteiger partial charge in [0.15, 0.2) is 5.58 Å². The van der Waals surface area contributed by atoms with Crippen molar-refractivity contribution in [2.75, 3.05) is 0 Å². The lowest BCUT2D eigenvalue weighted by Gasteiger charge is -2.09. The van der Waals surface area contributed by atoms with Crippen molar-refractivity contribution in [3.63, 3.8) is 0 Å². The third-order valence-electron chi connectivity index (χ3n) is 8.06. The van der Waals surface area contributed by atoms with E-state index in [0.717, 1.165) is 82.5 Å². The Morgan fingerprint density at radius 2 is 1.07 bits per heavy atom. The van der Waals surface area contributed by atoms with Gasteiger partial charge in [0.05, 0.1) is 16.7 Å². The van der Waals surface area contributed by atoms with Crippen molar-refractivity contribution in [3.8, 4) is 16.8 Å². The molecule has 188 valence electrons. The number of hydrogen-bond acceptors (Lipinski definition) is 2. The number of halogens is 1. The van der Waals surface area contributed by atoms with Gasteiger partial charge in [-0.25, -0.2) is 0 Å². The van der Waals surface area contributed by atoms with Crippen LogP contribution in [-0.4, -0.2) is 4.57 Å². The summed E-state index contributed by atoms with van der Waals surface area (Å²) in [6.07, 6.45) is 0. The minimum absolute atomic E-state index is 0.711. The zero-order valence-electron chi connectivity index (χ0n) is 21.2. The van der Waals surface area contributed by atoms with Crippen molar-refractivity contribution < 1.29 is 8.83 Å². The summed E-state index contributed by atoms with van der Waals surface area (Å²) in [5.41, 5.74) is 8.97. The molecule has 0 fully saturated rings. The van der Waals surface area contributed by atoms with E-state index >= 15 is 0 Å². The third kappa shape index (κ3) is 3.01. The molecule has 4 heteroatoms. The first kappa shape index (κ1) is 21.9. The molecular formula is C36H20ClNO2. The molecule has 6 aromatic carbocycles. The summed E-state index contributed by atoms with van der Waals surface area (Å²) < 4.78 is 14.9. The van der Waals surface area contributed by atoms with Crippen LogP contribution in [0.5, 0.6) is 0 Å². The number of rotatable bonds is 2. The second kappa shape index (κ2) is 8.01. The molecule has 0 atom stereocenters. The van der Waals surface area contributed by atoms with Gasteiger partial charge in [0.2, 0.25) is 0 Å². The SMILES string of the molecule is Clc1ccc2c(c1)c1cc(-c3ccc4c(c3)oc3ccccc34)ccc1n2-c1cccc2c1oc1ccccc12. The van der Waals surface area contributed by atoms with Gasteiger partial charge in [-0.05, 0) is 71.8 Å². The molecule has 9 aromatic rings. The van der Waals surface area contributed by atoms with E-state index in [1.165, 1.54) is 0 Å². The number of hydrogen-bond donors (Lipinski definition) is 0. The summed E-state index contributed by atoms with van der Waals surface area (Å²) in [6.45, 7) is 0. The van der Waals surface area contributed by atoms with Crippen molar-refractivity contribution in [2.45, 2.75) is 0 Å². The molecule has 0 saturated carbocycles. The molecule has 3 nitrogen and oxygen atoms in total. The summed E-state index contributed by atoms with van der Waals surface area (Å²) in [5, 5.41) is 7.43. The van der Waals surface area contributed by atoms with Crippen LogP contribution in [0.15, 0.2) is 130 Å². The zero-order valence-corrected chi connectivity index (χ0v) is 21.9. The predicted molar refractivity (Wildman–Crippen MR) is 166 cm³/mol. The van der Waals surface area contributed by atoms with Gasteiger partial charge in [-0.2, -0.15) is 0 Å². The molecule has 3 aromatic heterocycles. The molecule has 0 aliphatic heterocycles. The second-order valence-corrected chi connectivity index (χ2v) is 10.7. The van der Waals surface area contributed by atoms with Crippen molar-refractivity contribution in [1.29, 1.82) is 0 Å². The number of nitrogens with zero attached hydrogens (tertiary/aromatic N) is 1. The molecule has 0 aliphatic rings. The van der Waals surface area contributed by atoms with Crippen LogP contribution < -0.4 is 0 Å². The van der Waals surface area contributed by atoms with Crippen LogP contribution in [0.25, 0.3) is 82.5 Å². The van der Waals surface area contributed by atoms with Crippen LogP contribution in [0.3, 0.4) is 0 Å². The van der Waals surface area contributed by atoms with Crippen LogP contribution in [0.2, 0.25) is 5.02 Å². The standard InChI is InChI=1S/C36H20ClNO2/c37-23-14-17-31-29(20-23)28-18-21(22-12-15-26-24-6-1-3-10-33(24)39-35(26)19-22)13-16-30(28)38(31)32-9-5-8-27-25-7-2-4-11-34(25)40-36(27)32/h1-20H. The van der Waals surface area contributed by atoms with Gasteiger partial charge in [-0.3, -0.25) is 0 Å². The Kier molecular flexibility index (Phi) is 4.38. The van der Waals surface area contributed by atoms with Crippen LogP contribution in [0.4, 0.5) is 0 Å². The average Bonchev–Trinajstić information content (AvgIpc) is 3.66. The molecule has 0 bridgehead atoms. The van der Waals surface area contributed by atoms with E-state index in [4.69, 9.17) is 20.4 Å². The second-order valence-electron chi connectivity index (χ2n) is 10.3. The summed E-state index contributed by atoms with van der Waals surface area (Å²) in [5.74, 6) is 0. The number of benzene rings is 6. The summed E-state index contributed by atoms with van der Waals surface area (Å²) in [4.78, 5) is 0. The Morgan fingerprint density at radius 3 is 1.93 bits per heavy atom. The smallest absolute Gasteiger partial charge is 0.159 e. The largest absolute Gasteiger partial charge is 0.456 e. The van der Waals surface area contributed by atoms with Crippen molar-refractivity contribution >= 4 is 77.3 Å². The maximum atomic E-state index is 6.54. The fourth-order valence-electron chi connectivity index (χ4n) is 6.25. The average molecular weight is 534 g/mol. The maximum Gasteiger partial charge on any atom is 0.159 e. The van der Waals surface area contributed by atoms with Crippen LogP contribution >= 0.6 is 11.6 Å². The fraction of sp³-hybridized carbons (Fsp3) is 0. The van der Waals surface area contributed by atoms with Crippen molar-refractivity contribution in [3.05, 3.63) is 126 Å². The highest BCUT2D eigenvalue weighted by Gasteiger charge is 2.18. The topological polar surface area (TPSA) is 31.2 Å². The third-order valence-corrected chi connectivity index (χ3v) is 8.30. The minimum Gasteiger partial charge on any atom is -0.456 e. The number of aromatic nitrogens is 1. The Bertz CT molecular complexity index is 2460. The summed E-state index contributed by atoms with van der Waals surface area (Å²) in [7, 11) is 0. The van der Waals surface area contributed by atoms with Gasteiger partial charge in [0.1, 0.15) is 16.7 Å². The molecule has 0 radical (unpaired) electrons. The molecule has 0 amide bonds. The lowest BCUT2D eigenvalue weighted by molar-refractivity contribution is 0.666. The maximum absolute atomic E-state index is 6.54. The monoisotopic (exact) mass is 533 g/mol. The van der Waals surface area contributed by atoms with Gasteiger partial charge in [-0.15, -0.1) is 0 Å². The van der Waals surface area contributed by atoms with E-state index in [9.17, 15) is 0 Å². The molecule has 0 spiro atoms. The van der Waals surface area contributed by atoms with E-state index < -0.39 is 0 Å². The Hall–Kier alpha value is -4.99. The Labute approximate surface area is 233 Å². The Balaban J connectivity index is 1.31. The van der Waals surface area contributed by atoms with Gasteiger partial charge >= 0.3 is 0 Å². The van der Waals surface area contributed by atoms with E-state index in [2.05, 4.69) is 89.5 Å². The first-order valence-electron chi connectivity index (χ1n) is 13.3. The van der Waals surface area contributed by atoms with Crippen molar-refractivity contribution in [1.82, 2.24) is 4.57 Å². The van der Waals surface area contributed by atoms with E-state index in [-0.39, 0.29) is 0 Å². The van der Waals surface area contributed by atoms with Gasteiger partial charge in [0, 0.05) is 37.3 Å². The predicted octanol–water partition coefficient (Wildman–Crippen LogP) is 10.9. The highest BCUT2D eigenvalue weighted by Crippen LogP contribution is 2.40.